The van der Waals surface area contributed by atoms with Gasteiger partial charge in [-0.2, -0.15) is 0 Å². The van der Waals surface area contributed by atoms with Gasteiger partial charge in [0.05, 0.1) is 18.5 Å². The van der Waals surface area contributed by atoms with Gasteiger partial charge in [0.15, 0.2) is 5.16 Å². The predicted molar refractivity (Wildman–Crippen MR) is 96.6 cm³/mol. The molecule has 0 spiro atoms. The molecule has 1 aliphatic heterocycles. The third kappa shape index (κ3) is 4.63. The average molecular weight is 356 g/mol. The Bertz CT molecular complexity index is 555. The largest absolute Gasteiger partial charge is 0.378 e. The number of carbonyl (C=O) groups excluding carboxylic acids is 1. The summed E-state index contributed by atoms with van der Waals surface area (Å²) in [4.78, 5) is 14.6. The van der Waals surface area contributed by atoms with Crippen molar-refractivity contribution in [2.24, 2.45) is 0 Å². The summed E-state index contributed by atoms with van der Waals surface area (Å²) in [7, 11) is 0. The molecule has 1 saturated heterocycles. The van der Waals surface area contributed by atoms with E-state index in [-0.39, 0.29) is 16.7 Å². The molecule has 0 saturated carbocycles. The minimum atomic E-state index is -0.220. The molecule has 24 heavy (non-hydrogen) atoms. The molecule has 1 amide bonds. The van der Waals surface area contributed by atoms with Gasteiger partial charge in [0.1, 0.15) is 0 Å². The van der Waals surface area contributed by atoms with Crippen LogP contribution in [0.3, 0.4) is 0 Å². The fraction of sp³-hybridized carbons (Fsp3) is 0.812. The van der Waals surface area contributed by atoms with E-state index in [9.17, 15) is 4.79 Å². The number of thioether (sulfide) groups is 1. The zero-order chi connectivity index (χ0) is 17.7. The van der Waals surface area contributed by atoms with Crippen LogP contribution in [0, 0.1) is 0 Å². The number of hydrogen-bond donors (Lipinski definition) is 1. The van der Waals surface area contributed by atoms with Crippen molar-refractivity contribution in [1.29, 1.82) is 0 Å². The lowest BCUT2D eigenvalue weighted by atomic mass is 10.0. The van der Waals surface area contributed by atoms with Crippen molar-refractivity contribution in [3.8, 4) is 0 Å². The molecule has 1 atom stereocenters. The van der Waals surface area contributed by atoms with Gasteiger partial charge in [-0.1, -0.05) is 18.7 Å². The van der Waals surface area contributed by atoms with Crippen LogP contribution in [0.15, 0.2) is 5.16 Å². The second-order valence-corrected chi connectivity index (χ2v) is 7.92. The first-order chi connectivity index (χ1) is 11.4. The molecule has 0 aromatic carbocycles. The first kappa shape index (κ1) is 19.1. The van der Waals surface area contributed by atoms with Crippen LogP contribution in [0.4, 0.5) is 5.95 Å². The quantitative estimate of drug-likeness (QED) is 0.754. The summed E-state index contributed by atoms with van der Waals surface area (Å²) in [5, 5.41) is 12.3. The molecule has 1 aromatic heterocycles. The lowest BCUT2D eigenvalue weighted by molar-refractivity contribution is -0.121. The summed E-state index contributed by atoms with van der Waals surface area (Å²) in [5.41, 5.74) is -0.191. The number of hydrogen-bond acceptors (Lipinski definition) is 6. The van der Waals surface area contributed by atoms with Crippen LogP contribution in [0.5, 0.6) is 0 Å². The SMILES string of the molecule is CCn1c(SC(C)C(=O)NC(C)(C)CC)nnc1N1CCOCC1. The molecule has 1 N–H and O–H groups in total. The molecule has 7 nitrogen and oxygen atoms in total. The summed E-state index contributed by atoms with van der Waals surface area (Å²) < 4.78 is 7.47. The van der Waals surface area contributed by atoms with Crippen LogP contribution in [0.25, 0.3) is 0 Å². The molecule has 0 radical (unpaired) electrons. The van der Waals surface area contributed by atoms with E-state index < -0.39 is 0 Å². The van der Waals surface area contributed by atoms with E-state index in [2.05, 4.69) is 38.8 Å². The van der Waals surface area contributed by atoms with Gasteiger partial charge in [-0.25, -0.2) is 0 Å². The van der Waals surface area contributed by atoms with E-state index in [1.807, 2.05) is 20.8 Å². The van der Waals surface area contributed by atoms with E-state index in [0.717, 1.165) is 37.2 Å². The number of amides is 1. The molecular formula is C16H29N5O2S. The van der Waals surface area contributed by atoms with Gasteiger partial charge in [-0.15, -0.1) is 10.2 Å². The fourth-order valence-electron chi connectivity index (χ4n) is 2.38. The molecule has 0 bridgehead atoms. The number of nitrogens with zero attached hydrogens (tertiary/aromatic N) is 4. The maximum Gasteiger partial charge on any atom is 0.233 e. The highest BCUT2D eigenvalue weighted by Gasteiger charge is 2.26. The zero-order valence-electron chi connectivity index (χ0n) is 15.3. The lowest BCUT2D eigenvalue weighted by Gasteiger charge is -2.28. The molecule has 136 valence electrons. The number of rotatable bonds is 7. The molecule has 1 aromatic rings. The first-order valence-corrected chi connectivity index (χ1v) is 9.50. The van der Waals surface area contributed by atoms with Crippen LogP contribution in [-0.2, 0) is 16.1 Å². The van der Waals surface area contributed by atoms with E-state index in [0.29, 0.717) is 13.2 Å². The summed E-state index contributed by atoms with van der Waals surface area (Å²) in [6.07, 6.45) is 0.891. The zero-order valence-corrected chi connectivity index (χ0v) is 16.2. The highest BCUT2D eigenvalue weighted by Crippen LogP contribution is 2.26. The Morgan fingerprint density at radius 3 is 2.58 bits per heavy atom. The Kier molecular flexibility index (Phi) is 6.51. The Morgan fingerprint density at radius 1 is 1.33 bits per heavy atom. The second kappa shape index (κ2) is 8.20. The van der Waals surface area contributed by atoms with Gasteiger partial charge >= 0.3 is 0 Å². The van der Waals surface area contributed by atoms with E-state index in [4.69, 9.17) is 4.74 Å². The maximum absolute atomic E-state index is 12.4. The monoisotopic (exact) mass is 355 g/mol. The van der Waals surface area contributed by atoms with Gasteiger partial charge in [0.2, 0.25) is 11.9 Å². The third-order valence-corrected chi connectivity index (χ3v) is 5.38. The van der Waals surface area contributed by atoms with Crippen LogP contribution >= 0.6 is 11.8 Å². The molecule has 1 fully saturated rings. The van der Waals surface area contributed by atoms with Crippen molar-refractivity contribution in [2.75, 3.05) is 31.2 Å². The molecule has 2 rings (SSSR count). The van der Waals surface area contributed by atoms with Gasteiger partial charge in [0.25, 0.3) is 0 Å². The third-order valence-electron chi connectivity index (χ3n) is 4.30. The van der Waals surface area contributed by atoms with Crippen molar-refractivity contribution in [2.45, 2.75) is 63.5 Å². The number of nitrogens with one attached hydrogen (secondary N) is 1. The van der Waals surface area contributed by atoms with Crippen molar-refractivity contribution < 1.29 is 9.53 Å². The Hall–Kier alpha value is -1.28. The highest BCUT2D eigenvalue weighted by atomic mass is 32.2. The Balaban J connectivity index is 2.06. The molecule has 8 heteroatoms. The maximum atomic E-state index is 12.4. The molecule has 0 aliphatic carbocycles. The summed E-state index contributed by atoms with van der Waals surface area (Å²) in [6, 6.07) is 0. The smallest absolute Gasteiger partial charge is 0.233 e. The minimum absolute atomic E-state index is 0.0328. The van der Waals surface area contributed by atoms with Gasteiger partial charge in [-0.3, -0.25) is 9.36 Å². The number of anilines is 1. The second-order valence-electron chi connectivity index (χ2n) is 6.61. The van der Waals surface area contributed by atoms with E-state index in [1.165, 1.54) is 11.8 Å². The normalized spacial score (nSPS) is 17.0. The van der Waals surface area contributed by atoms with Gasteiger partial charge in [0, 0.05) is 25.2 Å². The van der Waals surface area contributed by atoms with Crippen LogP contribution in [0.2, 0.25) is 0 Å². The topological polar surface area (TPSA) is 72.3 Å². The molecule has 1 aliphatic rings. The lowest BCUT2D eigenvalue weighted by Crippen LogP contribution is -2.46. The standard InChI is InChI=1S/C16H29N5O2S/c1-6-16(4,5)17-13(22)12(3)24-15-19-18-14(21(15)7-2)20-8-10-23-11-9-20/h12H,6-11H2,1-5H3,(H,17,22). The summed E-state index contributed by atoms with van der Waals surface area (Å²) in [5.74, 6) is 0.898. The first-order valence-electron chi connectivity index (χ1n) is 8.62. The fourth-order valence-corrected chi connectivity index (χ4v) is 3.29. The average Bonchev–Trinajstić information content (AvgIpc) is 2.97. The predicted octanol–water partition coefficient (Wildman–Crippen LogP) is 1.92. The van der Waals surface area contributed by atoms with E-state index >= 15 is 0 Å². The minimum Gasteiger partial charge on any atom is -0.378 e. The van der Waals surface area contributed by atoms with Crippen molar-refractivity contribution >= 4 is 23.6 Å². The Labute approximate surface area is 148 Å². The number of carbonyl (C=O) groups is 1. The summed E-state index contributed by atoms with van der Waals surface area (Å²) in [6.45, 7) is 14.0. The van der Waals surface area contributed by atoms with Crippen LogP contribution < -0.4 is 10.2 Å². The molecule has 2 heterocycles. The van der Waals surface area contributed by atoms with E-state index in [1.54, 1.807) is 0 Å². The molecule has 1 unspecified atom stereocenters. The van der Waals surface area contributed by atoms with Crippen LogP contribution in [-0.4, -0.2) is 57.8 Å². The molecular weight excluding hydrogens is 326 g/mol. The van der Waals surface area contributed by atoms with Crippen molar-refractivity contribution in [3.05, 3.63) is 0 Å². The highest BCUT2D eigenvalue weighted by molar-refractivity contribution is 8.00. The van der Waals surface area contributed by atoms with Crippen LogP contribution in [0.1, 0.15) is 41.0 Å². The number of aromatic nitrogens is 3. The van der Waals surface area contributed by atoms with Gasteiger partial charge in [-0.05, 0) is 34.1 Å². The van der Waals surface area contributed by atoms with Gasteiger partial charge < -0.3 is 15.0 Å². The van der Waals surface area contributed by atoms with Crippen molar-refractivity contribution in [3.63, 3.8) is 0 Å². The Morgan fingerprint density at radius 2 is 2.00 bits per heavy atom. The summed E-state index contributed by atoms with van der Waals surface area (Å²) >= 11 is 1.46. The number of morpholine rings is 1. The van der Waals surface area contributed by atoms with Crippen molar-refractivity contribution in [1.82, 2.24) is 20.1 Å². The number of ether oxygens (including phenoxy) is 1.